The fourth-order valence-electron chi connectivity index (χ4n) is 1.67. The fraction of sp³-hybridized carbons (Fsp3) is 0.300. The van der Waals surface area contributed by atoms with Gasteiger partial charge in [-0.05, 0) is 17.5 Å². The van der Waals surface area contributed by atoms with Gasteiger partial charge in [-0.1, -0.05) is 46.9 Å². The normalized spacial score (nSPS) is 23.8. The number of benzene rings is 1. The van der Waals surface area contributed by atoms with Crippen molar-refractivity contribution in [3.63, 3.8) is 0 Å². The number of hydrogen-bond acceptors (Lipinski definition) is 2. The van der Waals surface area contributed by atoms with E-state index in [0.29, 0.717) is 6.42 Å². The van der Waals surface area contributed by atoms with Crippen molar-refractivity contribution in [3.05, 3.63) is 35.4 Å². The highest BCUT2D eigenvalue weighted by molar-refractivity contribution is 14.1. The molecule has 5 heteroatoms. The Hall–Kier alpha value is -0.330. The molecule has 0 aromatic heterocycles. The van der Waals surface area contributed by atoms with Gasteiger partial charge in [-0.3, -0.25) is 10.1 Å². The van der Waals surface area contributed by atoms with Crippen molar-refractivity contribution in [1.82, 2.24) is 5.32 Å². The molecule has 82 valence electrons. The van der Waals surface area contributed by atoms with Crippen molar-refractivity contribution in [3.8, 4) is 0 Å². The van der Waals surface area contributed by atoms with Crippen LogP contribution in [0.4, 0.5) is 0 Å². The number of carboxylic acids is 1. The summed E-state index contributed by atoms with van der Waals surface area (Å²) in [5.41, 5.74) is 2.34. The number of nitrogens with one attached hydrogen (secondary N) is 1. The Bertz CT molecular complexity index is 372. The van der Waals surface area contributed by atoms with Crippen LogP contribution in [0.3, 0.4) is 0 Å². The zero-order valence-electron chi connectivity index (χ0n) is 7.81. The first-order valence-corrected chi connectivity index (χ1v) is 5.64. The van der Waals surface area contributed by atoms with Crippen LogP contribution in [0.25, 0.3) is 0 Å². The number of hydrogen-bond donors (Lipinski definition) is 2. The van der Waals surface area contributed by atoms with Crippen LogP contribution in [0.2, 0.25) is 0 Å². The van der Waals surface area contributed by atoms with Crippen LogP contribution in [0.1, 0.15) is 15.2 Å². The quantitative estimate of drug-likeness (QED) is 0.468. The summed E-state index contributed by atoms with van der Waals surface area (Å²) in [7, 11) is 0. The zero-order valence-corrected chi connectivity index (χ0v) is 10.8. The molecule has 1 aliphatic heterocycles. The van der Waals surface area contributed by atoms with Crippen molar-refractivity contribution in [2.75, 3.05) is 0 Å². The van der Waals surface area contributed by atoms with Crippen LogP contribution in [-0.2, 0) is 11.2 Å². The smallest absolute Gasteiger partial charge is 0.321 e. The minimum Gasteiger partial charge on any atom is -0.480 e. The lowest BCUT2D eigenvalue weighted by Crippen LogP contribution is -2.42. The maximum absolute atomic E-state index is 10.8. The van der Waals surface area contributed by atoms with Crippen LogP contribution in [0, 0.1) is 0 Å². The second-order valence-electron chi connectivity index (χ2n) is 3.32. The molecular weight excluding hydrogens is 328 g/mol. The van der Waals surface area contributed by atoms with Crippen molar-refractivity contribution in [2.24, 2.45) is 0 Å². The van der Waals surface area contributed by atoms with Gasteiger partial charge in [-0.15, -0.1) is 12.4 Å². The SMILES string of the molecule is Cl.O=C(O)C1Cc2ccccc2C(I)N1. The predicted molar refractivity (Wildman–Crippen MR) is 68.7 cm³/mol. The second kappa shape index (κ2) is 5.14. The van der Waals surface area contributed by atoms with Gasteiger partial charge in [0.05, 0.1) is 4.05 Å². The Kier molecular flexibility index (Phi) is 4.36. The van der Waals surface area contributed by atoms with Gasteiger partial charge in [0.1, 0.15) is 6.04 Å². The molecule has 0 aliphatic carbocycles. The van der Waals surface area contributed by atoms with Gasteiger partial charge >= 0.3 is 5.97 Å². The number of carbonyl (C=O) groups is 1. The molecule has 2 unspecified atom stereocenters. The molecule has 2 rings (SSSR count). The van der Waals surface area contributed by atoms with E-state index in [4.69, 9.17) is 5.11 Å². The first kappa shape index (κ1) is 12.7. The first-order valence-electron chi connectivity index (χ1n) is 4.39. The van der Waals surface area contributed by atoms with E-state index in [2.05, 4.69) is 27.9 Å². The van der Waals surface area contributed by atoms with Crippen molar-refractivity contribution in [1.29, 1.82) is 0 Å². The van der Waals surface area contributed by atoms with Crippen LogP contribution in [-0.4, -0.2) is 17.1 Å². The summed E-state index contributed by atoms with van der Waals surface area (Å²) >= 11 is 2.22. The van der Waals surface area contributed by atoms with Gasteiger partial charge in [-0.2, -0.15) is 0 Å². The number of fused-ring (bicyclic) bond motifs is 1. The third kappa shape index (κ3) is 2.62. The largest absolute Gasteiger partial charge is 0.480 e. The van der Waals surface area contributed by atoms with E-state index in [0.717, 1.165) is 5.56 Å². The van der Waals surface area contributed by atoms with E-state index in [1.807, 2.05) is 24.3 Å². The molecule has 0 saturated carbocycles. The molecule has 15 heavy (non-hydrogen) atoms. The van der Waals surface area contributed by atoms with Crippen LogP contribution >= 0.6 is 35.0 Å². The summed E-state index contributed by atoms with van der Waals surface area (Å²) in [5, 5.41) is 12.0. The lowest BCUT2D eigenvalue weighted by Gasteiger charge is -2.27. The maximum Gasteiger partial charge on any atom is 0.321 e. The van der Waals surface area contributed by atoms with Crippen LogP contribution in [0.5, 0.6) is 0 Å². The molecule has 0 spiro atoms. The lowest BCUT2D eigenvalue weighted by atomic mass is 9.96. The summed E-state index contributed by atoms with van der Waals surface area (Å²) in [6.07, 6.45) is 0.574. The third-order valence-corrected chi connectivity index (χ3v) is 3.43. The van der Waals surface area contributed by atoms with E-state index < -0.39 is 12.0 Å². The monoisotopic (exact) mass is 339 g/mol. The molecule has 0 bridgehead atoms. The number of alkyl halides is 1. The Balaban J connectivity index is 0.00000112. The Morgan fingerprint density at radius 2 is 2.13 bits per heavy atom. The van der Waals surface area contributed by atoms with Crippen molar-refractivity contribution < 1.29 is 9.90 Å². The summed E-state index contributed by atoms with van der Waals surface area (Å²) < 4.78 is 0.0960. The predicted octanol–water partition coefficient (Wildman–Crippen LogP) is 2.14. The van der Waals surface area contributed by atoms with Crippen molar-refractivity contribution in [2.45, 2.75) is 16.5 Å². The Morgan fingerprint density at radius 1 is 1.47 bits per heavy atom. The molecule has 1 aromatic carbocycles. The minimum atomic E-state index is -0.777. The Labute approximate surface area is 108 Å². The highest BCUT2D eigenvalue weighted by Gasteiger charge is 2.28. The summed E-state index contributed by atoms with van der Waals surface area (Å²) in [6.45, 7) is 0. The molecule has 0 amide bonds. The minimum absolute atomic E-state index is 0. The van der Waals surface area contributed by atoms with E-state index in [-0.39, 0.29) is 16.5 Å². The topological polar surface area (TPSA) is 49.3 Å². The summed E-state index contributed by atoms with van der Waals surface area (Å²) in [5.74, 6) is -0.777. The molecule has 0 fully saturated rings. The van der Waals surface area contributed by atoms with Gasteiger partial charge in [0.25, 0.3) is 0 Å². The standard InChI is InChI=1S/C10H10INO2.ClH/c11-9-7-4-2-1-3-6(7)5-8(12-9)10(13)14;/h1-4,8-9,12H,5H2,(H,13,14);1H. The number of halogens is 2. The third-order valence-electron chi connectivity index (χ3n) is 2.40. The lowest BCUT2D eigenvalue weighted by molar-refractivity contribution is -0.139. The van der Waals surface area contributed by atoms with E-state index in [1.54, 1.807) is 0 Å². The average Bonchev–Trinajstić information content (AvgIpc) is 2.17. The molecule has 3 nitrogen and oxygen atoms in total. The van der Waals surface area contributed by atoms with Gasteiger partial charge in [0.15, 0.2) is 0 Å². The van der Waals surface area contributed by atoms with Gasteiger partial charge in [0.2, 0.25) is 0 Å². The summed E-state index contributed by atoms with van der Waals surface area (Å²) in [4.78, 5) is 10.8. The van der Waals surface area contributed by atoms with Crippen LogP contribution < -0.4 is 5.32 Å². The second-order valence-corrected chi connectivity index (χ2v) is 4.57. The molecular formula is C10H11ClINO2. The molecule has 1 aliphatic rings. The highest BCUT2D eigenvalue weighted by atomic mass is 127. The zero-order chi connectivity index (χ0) is 10.1. The molecule has 0 saturated heterocycles. The number of rotatable bonds is 1. The van der Waals surface area contributed by atoms with Gasteiger partial charge < -0.3 is 5.11 Å². The van der Waals surface area contributed by atoms with Gasteiger partial charge in [0, 0.05) is 0 Å². The highest BCUT2D eigenvalue weighted by Crippen LogP contribution is 2.29. The molecule has 2 N–H and O–H groups in total. The number of aliphatic carboxylic acids is 1. The van der Waals surface area contributed by atoms with E-state index in [9.17, 15) is 4.79 Å². The van der Waals surface area contributed by atoms with Crippen molar-refractivity contribution >= 4 is 41.0 Å². The van der Waals surface area contributed by atoms with E-state index >= 15 is 0 Å². The number of carboxylic acid groups (broad SMARTS) is 1. The Morgan fingerprint density at radius 3 is 2.80 bits per heavy atom. The molecule has 0 radical (unpaired) electrons. The van der Waals surface area contributed by atoms with Gasteiger partial charge in [-0.25, -0.2) is 0 Å². The maximum atomic E-state index is 10.8. The van der Waals surface area contributed by atoms with E-state index in [1.165, 1.54) is 5.56 Å². The first-order chi connectivity index (χ1) is 6.68. The molecule has 1 aromatic rings. The van der Waals surface area contributed by atoms with Crippen LogP contribution in [0.15, 0.2) is 24.3 Å². The molecule has 1 heterocycles. The molecule has 2 atom stereocenters. The average molecular weight is 340 g/mol. The fourth-order valence-corrected chi connectivity index (χ4v) is 2.71. The summed E-state index contributed by atoms with van der Waals surface area (Å²) in [6, 6.07) is 7.52.